The van der Waals surface area contributed by atoms with Crippen LogP contribution >= 0.6 is 7.82 Å². The fourth-order valence-electron chi connectivity index (χ4n) is 4.39. The third-order valence-corrected chi connectivity index (χ3v) is 8.32. The molecule has 1 aliphatic rings. The highest BCUT2D eigenvalue weighted by Gasteiger charge is 2.51. The van der Waals surface area contributed by atoms with Crippen LogP contribution in [-0.2, 0) is 18.1 Å². The summed E-state index contributed by atoms with van der Waals surface area (Å²) in [5.41, 5.74) is 0. The van der Waals surface area contributed by atoms with Crippen LogP contribution in [0.2, 0.25) is 0 Å². The van der Waals surface area contributed by atoms with Crippen molar-refractivity contribution in [1.82, 2.24) is 0 Å². The number of aliphatic hydroxyl groups is 5. The van der Waals surface area contributed by atoms with Crippen molar-refractivity contribution in [3.63, 3.8) is 0 Å². The first kappa shape index (κ1) is 33.9. The van der Waals surface area contributed by atoms with E-state index >= 15 is 0 Å². The predicted molar refractivity (Wildman–Crippen MR) is 140 cm³/mol. The van der Waals surface area contributed by atoms with Gasteiger partial charge in [-0.2, -0.15) is 0 Å². The number of aliphatic hydroxyl groups excluding tert-OH is 5. The van der Waals surface area contributed by atoms with Crippen molar-refractivity contribution >= 4 is 7.82 Å². The van der Waals surface area contributed by atoms with Crippen molar-refractivity contribution in [2.24, 2.45) is 0 Å². The molecule has 5 N–H and O–H groups in total. The van der Waals surface area contributed by atoms with Crippen molar-refractivity contribution < 1.29 is 43.7 Å². The van der Waals surface area contributed by atoms with Gasteiger partial charge in [0.15, 0.2) is 0 Å². The number of hydrogen-bond acceptors (Lipinski definition) is 9. The smallest absolute Gasteiger partial charge is 0.387 e. The summed E-state index contributed by atoms with van der Waals surface area (Å²) >= 11 is 0. The third-order valence-electron chi connectivity index (χ3n) is 6.82. The molecule has 0 saturated heterocycles. The zero-order valence-corrected chi connectivity index (χ0v) is 23.4. The van der Waals surface area contributed by atoms with Crippen molar-refractivity contribution in [3.8, 4) is 0 Å². The van der Waals surface area contributed by atoms with Gasteiger partial charge in [-0.25, -0.2) is 4.57 Å². The van der Waals surface area contributed by atoms with Gasteiger partial charge in [0.05, 0.1) is 13.2 Å². The zero-order valence-electron chi connectivity index (χ0n) is 22.5. The number of phosphoric acid groups is 1. The standard InChI is InChI=1S/C26H53O9P/c1-3-5-7-9-11-13-15-17-19-33-36(32,34-20-18-16-14-12-10-8-6-4-2)35-26-24(30)22(28)21(27)23(29)25(26)31/h21-31H,3-20H2,1-2H3/t21?,22-,23+,24-,25-,26?/m1/s1. The van der Waals surface area contributed by atoms with Crippen molar-refractivity contribution in [1.29, 1.82) is 0 Å². The highest BCUT2D eigenvalue weighted by molar-refractivity contribution is 7.48. The van der Waals surface area contributed by atoms with E-state index in [1.807, 2.05) is 0 Å². The summed E-state index contributed by atoms with van der Waals surface area (Å²) in [5.74, 6) is 0. The summed E-state index contributed by atoms with van der Waals surface area (Å²) in [6.07, 6.45) is 6.79. The van der Waals surface area contributed by atoms with Crippen LogP contribution in [0.4, 0.5) is 0 Å². The summed E-state index contributed by atoms with van der Waals surface area (Å²) in [4.78, 5) is 0. The Balaban J connectivity index is 2.54. The SMILES string of the molecule is CCCCCCCCCCOP(=O)(OCCCCCCCCCC)OC1[C@H](O)[C@H](O)C(O)[C@H](O)[C@H]1O. The fourth-order valence-corrected chi connectivity index (χ4v) is 5.84. The van der Waals surface area contributed by atoms with Gasteiger partial charge in [-0.3, -0.25) is 13.6 Å². The number of rotatable bonds is 22. The lowest BCUT2D eigenvalue weighted by Gasteiger charge is -2.41. The molecule has 0 bridgehead atoms. The minimum Gasteiger partial charge on any atom is -0.387 e. The van der Waals surface area contributed by atoms with Gasteiger partial charge in [0, 0.05) is 0 Å². The summed E-state index contributed by atoms with van der Waals surface area (Å²) in [6, 6.07) is 0. The molecule has 0 aliphatic heterocycles. The summed E-state index contributed by atoms with van der Waals surface area (Å²) in [7, 11) is -4.20. The Morgan fingerprint density at radius 1 is 0.500 bits per heavy atom. The second-order valence-corrected chi connectivity index (χ2v) is 11.7. The Morgan fingerprint density at radius 2 is 0.806 bits per heavy atom. The van der Waals surface area contributed by atoms with E-state index in [0.29, 0.717) is 12.8 Å². The lowest BCUT2D eigenvalue weighted by Crippen LogP contribution is -2.64. The first-order valence-corrected chi connectivity index (χ1v) is 15.7. The molecular formula is C26H53O9P. The normalized spacial score (nSPS) is 27.0. The van der Waals surface area contributed by atoms with Crippen LogP contribution in [-0.4, -0.2) is 75.4 Å². The summed E-state index contributed by atoms with van der Waals surface area (Å²) in [5, 5.41) is 50.3. The zero-order chi connectivity index (χ0) is 26.8. The number of hydrogen-bond donors (Lipinski definition) is 5. The molecule has 0 aromatic carbocycles. The lowest BCUT2D eigenvalue weighted by molar-refractivity contribution is -0.220. The molecule has 0 heterocycles. The van der Waals surface area contributed by atoms with Crippen LogP contribution < -0.4 is 0 Å². The quantitative estimate of drug-likeness (QED) is 0.0981. The molecule has 1 saturated carbocycles. The third kappa shape index (κ3) is 13.1. The predicted octanol–water partition coefficient (Wildman–Crippen LogP) is 4.61. The van der Waals surface area contributed by atoms with E-state index in [4.69, 9.17) is 13.6 Å². The molecule has 0 aromatic heterocycles. The van der Waals surface area contributed by atoms with E-state index in [1.54, 1.807) is 0 Å². The van der Waals surface area contributed by atoms with Gasteiger partial charge >= 0.3 is 7.82 Å². The van der Waals surface area contributed by atoms with Gasteiger partial charge in [0.2, 0.25) is 0 Å². The first-order chi connectivity index (χ1) is 17.3. The molecule has 0 aromatic rings. The Bertz CT molecular complexity index is 538. The molecule has 9 nitrogen and oxygen atoms in total. The minimum atomic E-state index is -4.20. The molecule has 10 heteroatoms. The van der Waals surface area contributed by atoms with Crippen LogP contribution in [0.15, 0.2) is 0 Å². The topological polar surface area (TPSA) is 146 Å². The summed E-state index contributed by atoms with van der Waals surface area (Å²) in [6.45, 7) is 4.61. The molecule has 1 aliphatic carbocycles. The molecule has 2 unspecified atom stereocenters. The molecule has 0 amide bonds. The Labute approximate surface area is 218 Å². The Hall–Kier alpha value is -0.0900. The fraction of sp³-hybridized carbons (Fsp3) is 1.00. The molecule has 0 spiro atoms. The highest BCUT2D eigenvalue weighted by Crippen LogP contribution is 2.52. The van der Waals surface area contributed by atoms with Gasteiger partial charge in [-0.05, 0) is 12.8 Å². The molecular weight excluding hydrogens is 487 g/mol. The first-order valence-electron chi connectivity index (χ1n) is 14.2. The minimum absolute atomic E-state index is 0.121. The second kappa shape index (κ2) is 19.9. The average Bonchev–Trinajstić information content (AvgIpc) is 2.87. The molecule has 6 atom stereocenters. The van der Waals surface area contributed by atoms with Gasteiger partial charge < -0.3 is 25.5 Å². The maximum atomic E-state index is 13.4. The average molecular weight is 541 g/mol. The monoisotopic (exact) mass is 540 g/mol. The largest absolute Gasteiger partial charge is 0.475 e. The molecule has 0 radical (unpaired) electrons. The maximum Gasteiger partial charge on any atom is 0.475 e. The maximum absolute atomic E-state index is 13.4. The van der Waals surface area contributed by atoms with Gasteiger partial charge in [0.1, 0.15) is 36.6 Å². The van der Waals surface area contributed by atoms with E-state index in [2.05, 4.69) is 13.8 Å². The van der Waals surface area contributed by atoms with E-state index in [1.165, 1.54) is 51.4 Å². The van der Waals surface area contributed by atoms with E-state index in [0.717, 1.165) is 38.5 Å². The lowest BCUT2D eigenvalue weighted by atomic mass is 9.85. The molecule has 1 rings (SSSR count). The number of phosphoric ester groups is 1. The Kier molecular flexibility index (Phi) is 18.8. The van der Waals surface area contributed by atoms with Crippen LogP contribution in [0.25, 0.3) is 0 Å². The van der Waals surface area contributed by atoms with Crippen LogP contribution in [0.1, 0.15) is 117 Å². The molecule has 216 valence electrons. The van der Waals surface area contributed by atoms with Gasteiger partial charge in [0.25, 0.3) is 0 Å². The van der Waals surface area contributed by atoms with Crippen LogP contribution in [0.3, 0.4) is 0 Å². The highest BCUT2D eigenvalue weighted by atomic mass is 31.2. The van der Waals surface area contributed by atoms with Crippen LogP contribution in [0, 0.1) is 0 Å². The molecule has 1 fully saturated rings. The number of unbranched alkanes of at least 4 members (excludes halogenated alkanes) is 14. The Morgan fingerprint density at radius 3 is 1.17 bits per heavy atom. The van der Waals surface area contributed by atoms with Gasteiger partial charge in [-0.15, -0.1) is 0 Å². The van der Waals surface area contributed by atoms with E-state index in [-0.39, 0.29) is 13.2 Å². The van der Waals surface area contributed by atoms with Crippen molar-refractivity contribution in [2.75, 3.05) is 13.2 Å². The summed E-state index contributed by atoms with van der Waals surface area (Å²) < 4.78 is 29.8. The second-order valence-electron chi connectivity index (χ2n) is 10.1. The van der Waals surface area contributed by atoms with Crippen LogP contribution in [0.5, 0.6) is 0 Å². The van der Waals surface area contributed by atoms with Crippen molar-refractivity contribution in [3.05, 3.63) is 0 Å². The van der Waals surface area contributed by atoms with E-state index < -0.39 is 44.4 Å². The van der Waals surface area contributed by atoms with E-state index in [9.17, 15) is 30.1 Å². The van der Waals surface area contributed by atoms with Crippen molar-refractivity contribution in [2.45, 2.75) is 153 Å². The molecule has 36 heavy (non-hydrogen) atoms. The van der Waals surface area contributed by atoms with Gasteiger partial charge in [-0.1, -0.05) is 104 Å².